The Bertz CT molecular complexity index is 619. The summed E-state index contributed by atoms with van der Waals surface area (Å²) in [4.78, 5) is 9.58. The number of nitrogens with zero attached hydrogens (tertiary/aromatic N) is 3. The van der Waals surface area contributed by atoms with Gasteiger partial charge >= 0.3 is 0 Å². The predicted molar refractivity (Wildman–Crippen MR) is 120 cm³/mol. The minimum Gasteiger partial charge on any atom is -0.383 e. The van der Waals surface area contributed by atoms with E-state index in [1.54, 1.807) is 7.11 Å². The number of hydrogen-bond acceptors (Lipinski definition) is 4. The molecule has 6 heteroatoms. The molecule has 6 nitrogen and oxygen atoms in total. The zero-order valence-electron chi connectivity index (χ0n) is 18.4. The number of piperidine rings is 1. The minimum atomic E-state index is 0.483. The molecule has 1 heterocycles. The molecule has 2 aliphatic rings. The van der Waals surface area contributed by atoms with Crippen LogP contribution < -0.4 is 10.6 Å². The highest BCUT2D eigenvalue weighted by molar-refractivity contribution is 5.79. The van der Waals surface area contributed by atoms with Gasteiger partial charge < -0.3 is 15.4 Å². The van der Waals surface area contributed by atoms with Gasteiger partial charge in [-0.15, -0.1) is 0 Å². The SMILES string of the molecule is CN=C(NCCN(CCOC)C1CC1)NC1CCN(Cc2ccccc2)C(C)C1. The van der Waals surface area contributed by atoms with Crippen molar-refractivity contribution >= 4 is 5.96 Å². The summed E-state index contributed by atoms with van der Waals surface area (Å²) in [5.41, 5.74) is 1.40. The van der Waals surface area contributed by atoms with Crippen LogP contribution in [0.2, 0.25) is 0 Å². The second-order valence-corrected chi connectivity index (χ2v) is 8.43. The van der Waals surface area contributed by atoms with Gasteiger partial charge in [-0.25, -0.2) is 0 Å². The number of aliphatic imine (C=N–C) groups is 1. The van der Waals surface area contributed by atoms with E-state index in [-0.39, 0.29) is 0 Å². The second kappa shape index (κ2) is 11.5. The molecule has 0 bridgehead atoms. The third kappa shape index (κ3) is 7.28. The molecular weight excluding hydrogens is 362 g/mol. The lowest BCUT2D eigenvalue weighted by atomic mass is 9.97. The third-order valence-electron chi connectivity index (χ3n) is 6.14. The predicted octanol–water partition coefficient (Wildman–Crippen LogP) is 2.32. The molecule has 2 N–H and O–H groups in total. The fourth-order valence-corrected chi connectivity index (χ4v) is 4.24. The van der Waals surface area contributed by atoms with Gasteiger partial charge in [0.1, 0.15) is 0 Å². The first-order valence-corrected chi connectivity index (χ1v) is 11.2. The van der Waals surface area contributed by atoms with Crippen molar-refractivity contribution in [2.75, 3.05) is 46.9 Å². The number of ether oxygens (including phenoxy) is 1. The highest BCUT2D eigenvalue weighted by Gasteiger charge is 2.28. The molecule has 1 saturated carbocycles. The van der Waals surface area contributed by atoms with Crippen molar-refractivity contribution in [3.8, 4) is 0 Å². The van der Waals surface area contributed by atoms with Crippen molar-refractivity contribution in [2.24, 2.45) is 4.99 Å². The summed E-state index contributed by atoms with van der Waals surface area (Å²) in [5, 5.41) is 7.17. The highest BCUT2D eigenvalue weighted by Crippen LogP contribution is 2.26. The molecule has 162 valence electrons. The van der Waals surface area contributed by atoms with Crippen LogP contribution in [0, 0.1) is 0 Å². The number of guanidine groups is 1. The van der Waals surface area contributed by atoms with Crippen molar-refractivity contribution in [3.63, 3.8) is 0 Å². The molecule has 1 aromatic carbocycles. The Hall–Kier alpha value is -1.63. The van der Waals surface area contributed by atoms with Crippen molar-refractivity contribution < 1.29 is 4.74 Å². The summed E-state index contributed by atoms with van der Waals surface area (Å²) < 4.78 is 5.25. The third-order valence-corrected chi connectivity index (χ3v) is 6.14. The molecule has 0 spiro atoms. The number of benzene rings is 1. The summed E-state index contributed by atoms with van der Waals surface area (Å²) >= 11 is 0. The summed E-state index contributed by atoms with van der Waals surface area (Å²) in [6, 6.07) is 12.6. The molecule has 0 aromatic heterocycles. The Kier molecular flexibility index (Phi) is 8.77. The topological polar surface area (TPSA) is 52.1 Å². The Balaban J connectivity index is 1.38. The van der Waals surface area contributed by atoms with Crippen LogP contribution >= 0.6 is 0 Å². The van der Waals surface area contributed by atoms with Crippen LogP contribution in [-0.4, -0.2) is 80.8 Å². The number of likely N-dealkylation sites (tertiary alicyclic amines) is 1. The maximum Gasteiger partial charge on any atom is 0.191 e. The van der Waals surface area contributed by atoms with Gasteiger partial charge in [0.25, 0.3) is 0 Å². The van der Waals surface area contributed by atoms with Gasteiger partial charge in [-0.1, -0.05) is 30.3 Å². The van der Waals surface area contributed by atoms with E-state index in [1.165, 1.54) is 18.4 Å². The minimum absolute atomic E-state index is 0.483. The van der Waals surface area contributed by atoms with E-state index in [2.05, 4.69) is 62.7 Å². The normalized spacial score (nSPS) is 23.4. The lowest BCUT2D eigenvalue weighted by Crippen LogP contribution is -2.52. The first kappa shape index (κ1) is 22.1. The van der Waals surface area contributed by atoms with Crippen molar-refractivity contribution in [1.82, 2.24) is 20.4 Å². The smallest absolute Gasteiger partial charge is 0.191 e. The van der Waals surface area contributed by atoms with E-state index < -0.39 is 0 Å². The molecule has 1 aliphatic carbocycles. The van der Waals surface area contributed by atoms with Crippen LogP contribution in [0.5, 0.6) is 0 Å². The van der Waals surface area contributed by atoms with Crippen LogP contribution in [0.25, 0.3) is 0 Å². The molecule has 1 aromatic rings. The van der Waals surface area contributed by atoms with Crippen LogP contribution in [0.3, 0.4) is 0 Å². The lowest BCUT2D eigenvalue weighted by molar-refractivity contribution is 0.134. The molecule has 3 rings (SSSR count). The van der Waals surface area contributed by atoms with Crippen LogP contribution in [0.1, 0.15) is 38.2 Å². The van der Waals surface area contributed by atoms with Gasteiger partial charge in [0, 0.05) is 65.0 Å². The van der Waals surface area contributed by atoms with E-state index in [4.69, 9.17) is 4.74 Å². The van der Waals surface area contributed by atoms with Gasteiger partial charge in [0.2, 0.25) is 0 Å². The maximum absolute atomic E-state index is 5.25. The average Bonchev–Trinajstić information content (AvgIpc) is 3.57. The lowest BCUT2D eigenvalue weighted by Gasteiger charge is -2.38. The fourth-order valence-electron chi connectivity index (χ4n) is 4.24. The zero-order valence-corrected chi connectivity index (χ0v) is 18.4. The standard InChI is InChI=1S/C23H39N5O/c1-19-17-21(11-13-28(19)18-20-7-5-4-6-8-20)26-23(24-2)25-12-14-27(15-16-29-3)22-9-10-22/h4-8,19,21-22H,9-18H2,1-3H3,(H2,24,25,26). The molecule has 2 atom stereocenters. The molecular formula is C23H39N5O. The molecule has 1 aliphatic heterocycles. The Morgan fingerprint density at radius 3 is 2.66 bits per heavy atom. The van der Waals surface area contributed by atoms with Crippen LogP contribution in [0.15, 0.2) is 35.3 Å². The zero-order chi connectivity index (χ0) is 20.5. The summed E-state index contributed by atoms with van der Waals surface area (Å²) in [6.07, 6.45) is 4.96. The van der Waals surface area contributed by atoms with Gasteiger partial charge in [-0.05, 0) is 38.2 Å². The largest absolute Gasteiger partial charge is 0.383 e. The first-order chi connectivity index (χ1) is 14.2. The Morgan fingerprint density at radius 2 is 2.00 bits per heavy atom. The number of nitrogens with one attached hydrogen (secondary N) is 2. The molecule has 29 heavy (non-hydrogen) atoms. The fraction of sp³-hybridized carbons (Fsp3) is 0.696. The van der Waals surface area contributed by atoms with Crippen molar-refractivity contribution in [1.29, 1.82) is 0 Å². The van der Waals surface area contributed by atoms with Gasteiger partial charge in [-0.2, -0.15) is 0 Å². The number of methoxy groups -OCH3 is 1. The van der Waals surface area contributed by atoms with E-state index in [0.717, 1.165) is 64.2 Å². The summed E-state index contributed by atoms with van der Waals surface area (Å²) in [6.45, 7) is 8.30. The monoisotopic (exact) mass is 401 g/mol. The van der Waals surface area contributed by atoms with E-state index in [0.29, 0.717) is 12.1 Å². The molecule has 0 amide bonds. The van der Waals surface area contributed by atoms with E-state index in [9.17, 15) is 0 Å². The van der Waals surface area contributed by atoms with Gasteiger partial charge in [-0.3, -0.25) is 14.8 Å². The van der Waals surface area contributed by atoms with E-state index in [1.807, 2.05) is 7.05 Å². The summed E-state index contributed by atoms with van der Waals surface area (Å²) in [7, 11) is 3.65. The molecule has 2 fully saturated rings. The summed E-state index contributed by atoms with van der Waals surface area (Å²) in [5.74, 6) is 0.932. The second-order valence-electron chi connectivity index (χ2n) is 8.43. The Labute approximate surface area is 176 Å². The number of rotatable bonds is 10. The Morgan fingerprint density at radius 1 is 1.21 bits per heavy atom. The van der Waals surface area contributed by atoms with Crippen molar-refractivity contribution in [3.05, 3.63) is 35.9 Å². The van der Waals surface area contributed by atoms with E-state index >= 15 is 0 Å². The average molecular weight is 402 g/mol. The van der Waals surface area contributed by atoms with Crippen LogP contribution in [0.4, 0.5) is 0 Å². The molecule has 2 unspecified atom stereocenters. The first-order valence-electron chi connectivity index (χ1n) is 11.2. The maximum atomic E-state index is 5.25. The quantitative estimate of drug-likeness (QED) is 0.465. The van der Waals surface area contributed by atoms with Crippen molar-refractivity contribution in [2.45, 2.75) is 57.3 Å². The van der Waals surface area contributed by atoms with Crippen LogP contribution in [-0.2, 0) is 11.3 Å². The molecule has 0 radical (unpaired) electrons. The van der Waals surface area contributed by atoms with Gasteiger partial charge in [0.05, 0.1) is 6.61 Å². The molecule has 1 saturated heterocycles. The van der Waals surface area contributed by atoms with Gasteiger partial charge in [0.15, 0.2) is 5.96 Å². The number of hydrogen-bond donors (Lipinski definition) is 2. The highest BCUT2D eigenvalue weighted by atomic mass is 16.5.